The van der Waals surface area contributed by atoms with E-state index in [-0.39, 0.29) is 12.5 Å². The van der Waals surface area contributed by atoms with Gasteiger partial charge in [-0.25, -0.2) is 0 Å². The maximum atomic E-state index is 12.3. The number of ether oxygens (including phenoxy) is 2. The predicted octanol–water partition coefficient (Wildman–Crippen LogP) is 3.50. The summed E-state index contributed by atoms with van der Waals surface area (Å²) in [6.07, 6.45) is 2.51. The molecule has 0 radical (unpaired) electrons. The van der Waals surface area contributed by atoms with Crippen LogP contribution in [0.4, 0.5) is 0 Å². The standard InChI is InChI=1S/C22H27N3O3/c1-4-27-20-9-7-17(13-21(20)28-5-2)10-11-23-22(26)15-25-19-12-16(3)6-8-18(19)14-24-25/h6-9,12-14H,4-5,10-11,15H2,1-3H3,(H,23,26). The number of fused-ring (bicyclic) bond motifs is 1. The molecule has 1 aromatic heterocycles. The molecule has 0 aliphatic carbocycles. The summed E-state index contributed by atoms with van der Waals surface area (Å²) in [4.78, 5) is 12.3. The fraction of sp³-hybridized carbons (Fsp3) is 0.364. The van der Waals surface area contributed by atoms with Crippen LogP contribution in [0.5, 0.6) is 11.5 Å². The molecule has 0 aliphatic rings. The summed E-state index contributed by atoms with van der Waals surface area (Å²) in [7, 11) is 0. The zero-order valence-corrected chi connectivity index (χ0v) is 16.7. The van der Waals surface area contributed by atoms with Gasteiger partial charge in [0, 0.05) is 11.9 Å². The Labute approximate surface area is 165 Å². The zero-order chi connectivity index (χ0) is 19.9. The number of amides is 1. The largest absolute Gasteiger partial charge is 0.490 e. The lowest BCUT2D eigenvalue weighted by molar-refractivity contribution is -0.121. The number of carbonyl (C=O) groups excluding carboxylic acids is 1. The van der Waals surface area contributed by atoms with Crippen molar-refractivity contribution in [2.75, 3.05) is 19.8 Å². The van der Waals surface area contributed by atoms with Crippen molar-refractivity contribution in [1.82, 2.24) is 15.1 Å². The minimum absolute atomic E-state index is 0.0533. The summed E-state index contributed by atoms with van der Waals surface area (Å²) in [6, 6.07) is 12.0. The lowest BCUT2D eigenvalue weighted by Crippen LogP contribution is -2.29. The average Bonchev–Trinajstić information content (AvgIpc) is 3.06. The van der Waals surface area contributed by atoms with Gasteiger partial charge in [0.25, 0.3) is 0 Å². The maximum Gasteiger partial charge on any atom is 0.241 e. The molecule has 0 fully saturated rings. The van der Waals surface area contributed by atoms with Gasteiger partial charge in [0.05, 0.1) is 24.9 Å². The van der Waals surface area contributed by atoms with Crippen LogP contribution in [0, 0.1) is 6.92 Å². The van der Waals surface area contributed by atoms with E-state index in [1.165, 1.54) is 0 Å². The first-order valence-corrected chi connectivity index (χ1v) is 9.68. The molecule has 6 heteroatoms. The SMILES string of the molecule is CCOc1ccc(CCNC(=O)Cn2ncc3ccc(C)cc32)cc1OCC. The van der Waals surface area contributed by atoms with Gasteiger partial charge in [0.2, 0.25) is 5.91 Å². The molecule has 1 amide bonds. The number of hydrogen-bond donors (Lipinski definition) is 1. The van der Waals surface area contributed by atoms with Crippen LogP contribution in [0.1, 0.15) is 25.0 Å². The molecule has 3 rings (SSSR count). The van der Waals surface area contributed by atoms with E-state index < -0.39 is 0 Å². The van der Waals surface area contributed by atoms with Gasteiger partial charge in [0.1, 0.15) is 6.54 Å². The van der Waals surface area contributed by atoms with Gasteiger partial charge < -0.3 is 14.8 Å². The van der Waals surface area contributed by atoms with Crippen LogP contribution in [0.2, 0.25) is 0 Å². The smallest absolute Gasteiger partial charge is 0.241 e. The van der Waals surface area contributed by atoms with E-state index >= 15 is 0 Å². The topological polar surface area (TPSA) is 65.4 Å². The molecule has 0 saturated heterocycles. The maximum absolute atomic E-state index is 12.3. The summed E-state index contributed by atoms with van der Waals surface area (Å²) in [6.45, 7) is 7.86. The van der Waals surface area contributed by atoms with Crippen LogP contribution in [-0.4, -0.2) is 35.4 Å². The van der Waals surface area contributed by atoms with E-state index in [1.54, 1.807) is 10.9 Å². The minimum atomic E-state index is -0.0533. The van der Waals surface area contributed by atoms with Crippen molar-refractivity contribution in [2.24, 2.45) is 0 Å². The van der Waals surface area contributed by atoms with Crippen molar-refractivity contribution in [3.05, 3.63) is 53.7 Å². The summed E-state index contributed by atoms with van der Waals surface area (Å²) < 4.78 is 13.0. The van der Waals surface area contributed by atoms with E-state index in [1.807, 2.05) is 57.2 Å². The Kier molecular flexibility index (Phi) is 6.53. The van der Waals surface area contributed by atoms with Crippen molar-refractivity contribution in [3.63, 3.8) is 0 Å². The van der Waals surface area contributed by atoms with E-state index in [4.69, 9.17) is 9.47 Å². The number of aromatic nitrogens is 2. The molecule has 148 valence electrons. The second-order valence-corrected chi connectivity index (χ2v) is 6.61. The highest BCUT2D eigenvalue weighted by molar-refractivity contribution is 5.82. The molecule has 0 aliphatic heterocycles. The monoisotopic (exact) mass is 381 g/mol. The molecule has 28 heavy (non-hydrogen) atoms. The predicted molar refractivity (Wildman–Crippen MR) is 110 cm³/mol. The summed E-state index contributed by atoms with van der Waals surface area (Å²) in [5.74, 6) is 1.44. The van der Waals surface area contributed by atoms with Gasteiger partial charge in [-0.3, -0.25) is 9.48 Å². The van der Waals surface area contributed by atoms with E-state index in [9.17, 15) is 4.79 Å². The van der Waals surface area contributed by atoms with Crippen molar-refractivity contribution in [1.29, 1.82) is 0 Å². The van der Waals surface area contributed by atoms with E-state index in [0.29, 0.717) is 19.8 Å². The van der Waals surface area contributed by atoms with Crippen LogP contribution < -0.4 is 14.8 Å². The fourth-order valence-corrected chi connectivity index (χ4v) is 3.10. The number of hydrogen-bond acceptors (Lipinski definition) is 4. The van der Waals surface area contributed by atoms with E-state index in [0.717, 1.165) is 39.9 Å². The third kappa shape index (κ3) is 4.82. The van der Waals surface area contributed by atoms with Gasteiger partial charge in [-0.05, 0) is 56.5 Å². The van der Waals surface area contributed by atoms with Crippen LogP contribution in [0.25, 0.3) is 10.9 Å². The highest BCUT2D eigenvalue weighted by Gasteiger charge is 2.09. The molecular formula is C22H27N3O3. The first-order valence-electron chi connectivity index (χ1n) is 9.68. The molecule has 0 unspecified atom stereocenters. The normalized spacial score (nSPS) is 10.8. The Bertz CT molecular complexity index is 949. The Morgan fingerprint density at radius 1 is 1.07 bits per heavy atom. The second kappa shape index (κ2) is 9.26. The molecule has 0 saturated carbocycles. The van der Waals surface area contributed by atoms with Crippen LogP contribution in [-0.2, 0) is 17.8 Å². The fourth-order valence-electron chi connectivity index (χ4n) is 3.10. The molecule has 0 atom stereocenters. The van der Waals surface area contributed by atoms with Crippen LogP contribution >= 0.6 is 0 Å². The zero-order valence-electron chi connectivity index (χ0n) is 16.7. The number of benzene rings is 2. The third-order valence-electron chi connectivity index (χ3n) is 4.44. The Balaban J connectivity index is 1.56. The minimum Gasteiger partial charge on any atom is -0.490 e. The lowest BCUT2D eigenvalue weighted by Gasteiger charge is -2.12. The van der Waals surface area contributed by atoms with Crippen LogP contribution in [0.15, 0.2) is 42.6 Å². The molecule has 6 nitrogen and oxygen atoms in total. The molecule has 2 aromatic carbocycles. The van der Waals surface area contributed by atoms with Crippen molar-refractivity contribution in [2.45, 2.75) is 33.7 Å². The number of nitrogens with one attached hydrogen (secondary N) is 1. The summed E-state index contributed by atoms with van der Waals surface area (Å²) in [5, 5.41) is 8.33. The van der Waals surface area contributed by atoms with Crippen molar-refractivity contribution in [3.8, 4) is 11.5 Å². The van der Waals surface area contributed by atoms with Crippen LogP contribution in [0.3, 0.4) is 0 Å². The molecule has 0 bridgehead atoms. The number of carbonyl (C=O) groups is 1. The van der Waals surface area contributed by atoms with Crippen molar-refractivity contribution >= 4 is 16.8 Å². The highest BCUT2D eigenvalue weighted by Crippen LogP contribution is 2.28. The molecule has 1 heterocycles. The molecule has 1 N–H and O–H groups in total. The van der Waals surface area contributed by atoms with Gasteiger partial charge in [-0.15, -0.1) is 0 Å². The Morgan fingerprint density at radius 3 is 2.64 bits per heavy atom. The number of aryl methyl sites for hydroxylation is 1. The van der Waals surface area contributed by atoms with Gasteiger partial charge in [-0.2, -0.15) is 5.10 Å². The average molecular weight is 381 g/mol. The first-order chi connectivity index (χ1) is 13.6. The lowest BCUT2D eigenvalue weighted by atomic mass is 10.1. The number of nitrogens with zero attached hydrogens (tertiary/aromatic N) is 2. The van der Waals surface area contributed by atoms with Gasteiger partial charge in [-0.1, -0.05) is 18.2 Å². The van der Waals surface area contributed by atoms with Gasteiger partial charge >= 0.3 is 0 Å². The number of rotatable bonds is 9. The molecule has 3 aromatic rings. The molecular weight excluding hydrogens is 354 g/mol. The first kappa shape index (κ1) is 19.7. The van der Waals surface area contributed by atoms with E-state index in [2.05, 4.69) is 10.4 Å². The molecule has 0 spiro atoms. The van der Waals surface area contributed by atoms with Gasteiger partial charge in [0.15, 0.2) is 11.5 Å². The summed E-state index contributed by atoms with van der Waals surface area (Å²) in [5.41, 5.74) is 3.21. The third-order valence-corrected chi connectivity index (χ3v) is 4.44. The van der Waals surface area contributed by atoms with Crippen molar-refractivity contribution < 1.29 is 14.3 Å². The quantitative estimate of drug-likeness (QED) is 0.616. The Hall–Kier alpha value is -3.02. The Morgan fingerprint density at radius 2 is 1.86 bits per heavy atom. The second-order valence-electron chi connectivity index (χ2n) is 6.61. The summed E-state index contributed by atoms with van der Waals surface area (Å²) >= 11 is 0. The highest BCUT2D eigenvalue weighted by atomic mass is 16.5.